The molecule has 6 heteroatoms. The lowest BCUT2D eigenvalue weighted by Gasteiger charge is -2.12. The maximum Gasteiger partial charge on any atom is 0.262 e. The second-order valence-corrected chi connectivity index (χ2v) is 5.41. The highest BCUT2D eigenvalue weighted by atomic mass is 35.5. The Bertz CT molecular complexity index is 669. The van der Waals surface area contributed by atoms with Gasteiger partial charge in [-0.3, -0.25) is 4.79 Å². The number of carbonyl (C=O) groups excluding carboxylic acids is 1. The van der Waals surface area contributed by atoms with Crippen LogP contribution in [0.5, 0.6) is 11.5 Å². The number of anilines is 1. The maximum atomic E-state index is 12.0. The van der Waals surface area contributed by atoms with E-state index in [2.05, 4.69) is 5.32 Å². The van der Waals surface area contributed by atoms with Gasteiger partial charge in [0.2, 0.25) is 0 Å². The first-order valence-corrected chi connectivity index (χ1v) is 7.28. The monoisotopic (exact) mass is 339 g/mol. The number of benzene rings is 2. The van der Waals surface area contributed by atoms with Crippen LogP contribution in [0.2, 0.25) is 10.0 Å². The van der Waals surface area contributed by atoms with E-state index in [0.29, 0.717) is 21.5 Å². The number of amides is 1. The Morgan fingerprint density at radius 3 is 2.50 bits per heavy atom. The molecule has 2 aromatic carbocycles. The van der Waals surface area contributed by atoms with E-state index in [1.165, 1.54) is 0 Å². The SMILES string of the molecule is COc1ccc(C)cc1NC(=O)COc1c(Cl)cccc1Cl. The van der Waals surface area contributed by atoms with Crippen LogP contribution in [0.4, 0.5) is 5.69 Å². The third-order valence-electron chi connectivity index (χ3n) is 2.90. The zero-order chi connectivity index (χ0) is 16.1. The molecule has 1 N–H and O–H groups in total. The van der Waals surface area contributed by atoms with Crippen LogP contribution in [0, 0.1) is 6.92 Å². The maximum absolute atomic E-state index is 12.0. The number of carbonyl (C=O) groups is 1. The highest BCUT2D eigenvalue weighted by molar-refractivity contribution is 6.37. The molecule has 0 radical (unpaired) electrons. The summed E-state index contributed by atoms with van der Waals surface area (Å²) in [6, 6.07) is 10.5. The first-order valence-electron chi connectivity index (χ1n) is 6.52. The smallest absolute Gasteiger partial charge is 0.262 e. The molecule has 0 saturated carbocycles. The van der Waals surface area contributed by atoms with Gasteiger partial charge >= 0.3 is 0 Å². The van der Waals surface area contributed by atoms with Crippen LogP contribution in [-0.4, -0.2) is 19.6 Å². The number of hydrogen-bond acceptors (Lipinski definition) is 3. The number of ether oxygens (including phenoxy) is 2. The van der Waals surface area contributed by atoms with Crippen LogP contribution < -0.4 is 14.8 Å². The number of hydrogen-bond donors (Lipinski definition) is 1. The van der Waals surface area contributed by atoms with E-state index in [-0.39, 0.29) is 18.3 Å². The summed E-state index contributed by atoms with van der Waals surface area (Å²) in [5, 5.41) is 3.45. The third kappa shape index (κ3) is 4.06. The second-order valence-electron chi connectivity index (χ2n) is 4.59. The fraction of sp³-hybridized carbons (Fsp3) is 0.188. The standard InChI is InChI=1S/C16H15Cl2NO3/c1-10-6-7-14(21-2)13(8-10)19-15(20)9-22-16-11(17)4-3-5-12(16)18/h3-8H,9H2,1-2H3,(H,19,20). The fourth-order valence-electron chi connectivity index (χ4n) is 1.86. The summed E-state index contributed by atoms with van der Waals surface area (Å²) >= 11 is 12.0. The first-order chi connectivity index (χ1) is 10.5. The third-order valence-corrected chi connectivity index (χ3v) is 3.49. The van der Waals surface area contributed by atoms with E-state index < -0.39 is 0 Å². The predicted octanol–water partition coefficient (Wildman–Crippen LogP) is 4.33. The molecular weight excluding hydrogens is 325 g/mol. The molecule has 0 spiro atoms. The molecule has 0 fully saturated rings. The quantitative estimate of drug-likeness (QED) is 0.881. The summed E-state index contributed by atoms with van der Waals surface area (Å²) in [5.41, 5.74) is 1.59. The minimum absolute atomic E-state index is 0.208. The molecule has 2 rings (SSSR count). The van der Waals surface area contributed by atoms with Crippen LogP contribution in [0.1, 0.15) is 5.56 Å². The molecule has 0 unspecified atom stereocenters. The summed E-state index contributed by atoms with van der Waals surface area (Å²) in [5.74, 6) is 0.534. The lowest BCUT2D eigenvalue weighted by Crippen LogP contribution is -2.20. The lowest BCUT2D eigenvalue weighted by atomic mass is 10.2. The number of para-hydroxylation sites is 1. The van der Waals surface area contributed by atoms with Crippen molar-refractivity contribution in [3.63, 3.8) is 0 Å². The zero-order valence-electron chi connectivity index (χ0n) is 12.2. The number of rotatable bonds is 5. The molecule has 2 aromatic rings. The molecule has 0 aliphatic carbocycles. The lowest BCUT2D eigenvalue weighted by molar-refractivity contribution is -0.118. The van der Waals surface area contributed by atoms with Gasteiger partial charge in [-0.15, -0.1) is 0 Å². The largest absolute Gasteiger partial charge is 0.495 e. The van der Waals surface area contributed by atoms with Crippen LogP contribution in [0.15, 0.2) is 36.4 Å². The van der Waals surface area contributed by atoms with E-state index in [4.69, 9.17) is 32.7 Å². The van der Waals surface area contributed by atoms with Gasteiger partial charge in [-0.2, -0.15) is 0 Å². The normalized spacial score (nSPS) is 10.2. The number of halogens is 2. The molecule has 4 nitrogen and oxygen atoms in total. The van der Waals surface area contributed by atoms with Gasteiger partial charge in [0, 0.05) is 0 Å². The van der Waals surface area contributed by atoms with Crippen molar-refractivity contribution in [2.75, 3.05) is 19.0 Å². The molecule has 22 heavy (non-hydrogen) atoms. The van der Waals surface area contributed by atoms with Gasteiger partial charge in [0.05, 0.1) is 22.8 Å². The number of nitrogens with one attached hydrogen (secondary N) is 1. The number of aryl methyl sites for hydroxylation is 1. The van der Waals surface area contributed by atoms with Gasteiger partial charge in [0.15, 0.2) is 12.4 Å². The summed E-state index contributed by atoms with van der Waals surface area (Å²) in [4.78, 5) is 12.0. The predicted molar refractivity (Wildman–Crippen MR) is 88.3 cm³/mol. The van der Waals surface area contributed by atoms with E-state index in [9.17, 15) is 4.79 Å². The van der Waals surface area contributed by atoms with E-state index in [1.807, 2.05) is 19.1 Å². The zero-order valence-corrected chi connectivity index (χ0v) is 13.7. The van der Waals surface area contributed by atoms with Crippen LogP contribution >= 0.6 is 23.2 Å². The van der Waals surface area contributed by atoms with Gasteiger partial charge in [-0.1, -0.05) is 35.3 Å². The minimum atomic E-state index is -0.333. The average molecular weight is 340 g/mol. The van der Waals surface area contributed by atoms with Gasteiger partial charge in [0.1, 0.15) is 5.75 Å². The van der Waals surface area contributed by atoms with Gasteiger partial charge in [0.25, 0.3) is 5.91 Å². The van der Waals surface area contributed by atoms with Crippen molar-refractivity contribution < 1.29 is 14.3 Å². The molecule has 116 valence electrons. The van der Waals surface area contributed by atoms with E-state index in [0.717, 1.165) is 5.56 Å². The van der Waals surface area contributed by atoms with Crippen molar-refractivity contribution >= 4 is 34.8 Å². The Morgan fingerprint density at radius 1 is 1.18 bits per heavy atom. The average Bonchev–Trinajstić information content (AvgIpc) is 2.47. The van der Waals surface area contributed by atoms with Gasteiger partial charge in [-0.25, -0.2) is 0 Å². The summed E-state index contributed by atoms with van der Waals surface area (Å²) in [6.45, 7) is 1.72. The molecule has 0 heterocycles. The fourth-order valence-corrected chi connectivity index (χ4v) is 2.37. The Kier molecular flexibility index (Phi) is 5.52. The second kappa shape index (κ2) is 7.38. The molecule has 0 aliphatic rings. The van der Waals surface area contributed by atoms with Crippen molar-refractivity contribution in [2.45, 2.75) is 6.92 Å². The van der Waals surface area contributed by atoms with Crippen LogP contribution in [-0.2, 0) is 4.79 Å². The van der Waals surface area contributed by atoms with E-state index >= 15 is 0 Å². The molecule has 0 saturated heterocycles. The molecule has 0 bridgehead atoms. The summed E-state index contributed by atoms with van der Waals surface area (Å²) < 4.78 is 10.6. The summed E-state index contributed by atoms with van der Waals surface area (Å²) in [6.07, 6.45) is 0. The number of methoxy groups -OCH3 is 1. The highest BCUT2D eigenvalue weighted by Gasteiger charge is 2.11. The van der Waals surface area contributed by atoms with Crippen LogP contribution in [0.3, 0.4) is 0 Å². The molecule has 1 amide bonds. The van der Waals surface area contributed by atoms with Gasteiger partial charge < -0.3 is 14.8 Å². The summed E-state index contributed by atoms with van der Waals surface area (Å²) in [7, 11) is 1.54. The molecular formula is C16H15Cl2NO3. The van der Waals surface area contributed by atoms with E-state index in [1.54, 1.807) is 31.4 Å². The van der Waals surface area contributed by atoms with Crippen LogP contribution in [0.25, 0.3) is 0 Å². The van der Waals surface area contributed by atoms with Gasteiger partial charge in [-0.05, 0) is 36.8 Å². The Morgan fingerprint density at radius 2 is 1.86 bits per heavy atom. The topological polar surface area (TPSA) is 47.6 Å². The Hall–Kier alpha value is -1.91. The van der Waals surface area contributed by atoms with Crippen molar-refractivity contribution in [1.82, 2.24) is 0 Å². The minimum Gasteiger partial charge on any atom is -0.495 e. The molecule has 0 aromatic heterocycles. The van der Waals surface area contributed by atoms with Crippen molar-refractivity contribution in [1.29, 1.82) is 0 Å². The molecule has 0 atom stereocenters. The Balaban J connectivity index is 2.03. The van der Waals surface area contributed by atoms with Crippen molar-refractivity contribution in [2.24, 2.45) is 0 Å². The van der Waals surface area contributed by atoms with Crippen molar-refractivity contribution in [3.05, 3.63) is 52.0 Å². The van der Waals surface area contributed by atoms with Crippen molar-refractivity contribution in [3.8, 4) is 11.5 Å². The highest BCUT2D eigenvalue weighted by Crippen LogP contribution is 2.32. The first kappa shape index (κ1) is 16.5. The molecule has 0 aliphatic heterocycles. The Labute approximate surface area is 138 Å².